The van der Waals surface area contributed by atoms with Crippen LogP contribution in [0.15, 0.2) is 28.7 Å². The van der Waals surface area contributed by atoms with Gasteiger partial charge in [-0.3, -0.25) is 0 Å². The van der Waals surface area contributed by atoms with E-state index in [-0.39, 0.29) is 22.4 Å². The minimum absolute atomic E-state index is 0.0862. The van der Waals surface area contributed by atoms with E-state index in [4.69, 9.17) is 16.0 Å². The SMILES string of the molecule is CCN1CCCC(Nc2nc3nc(-c4c(O)cc(F)cc4Cl)ccc3o2)C1. The van der Waals surface area contributed by atoms with Crippen LogP contribution >= 0.6 is 11.6 Å². The Bertz CT molecular complexity index is 954. The summed E-state index contributed by atoms with van der Waals surface area (Å²) >= 11 is 6.08. The number of likely N-dealkylation sites (N-methyl/N-ethyl adjacent to an activating group) is 1. The first-order valence-corrected chi connectivity index (χ1v) is 9.36. The van der Waals surface area contributed by atoms with Crippen molar-refractivity contribution in [2.45, 2.75) is 25.8 Å². The number of nitrogens with zero attached hydrogens (tertiary/aromatic N) is 3. The Morgan fingerprint density at radius 2 is 2.22 bits per heavy atom. The summed E-state index contributed by atoms with van der Waals surface area (Å²) in [6, 6.07) is 6.23. The third-order valence-corrected chi connectivity index (χ3v) is 5.12. The third kappa shape index (κ3) is 3.70. The van der Waals surface area contributed by atoms with Crippen LogP contribution in [0.2, 0.25) is 5.02 Å². The van der Waals surface area contributed by atoms with E-state index >= 15 is 0 Å². The van der Waals surface area contributed by atoms with E-state index in [2.05, 4.69) is 27.1 Å². The second-order valence-corrected chi connectivity index (χ2v) is 7.10. The lowest BCUT2D eigenvalue weighted by Crippen LogP contribution is -2.41. The summed E-state index contributed by atoms with van der Waals surface area (Å²) in [7, 11) is 0. The molecule has 1 atom stereocenters. The first kappa shape index (κ1) is 18.0. The van der Waals surface area contributed by atoms with Crippen LogP contribution < -0.4 is 5.32 Å². The predicted molar refractivity (Wildman–Crippen MR) is 103 cm³/mol. The maximum Gasteiger partial charge on any atom is 0.297 e. The van der Waals surface area contributed by atoms with Crippen molar-refractivity contribution in [2.75, 3.05) is 25.0 Å². The quantitative estimate of drug-likeness (QED) is 0.692. The van der Waals surface area contributed by atoms with Gasteiger partial charge in [-0.2, -0.15) is 4.98 Å². The standard InChI is InChI=1S/C19H20ClFN4O2/c1-2-25-7-3-4-12(10-25)22-19-24-18-16(27-19)6-5-14(23-18)17-13(20)8-11(21)9-15(17)26/h5-6,8-9,12,26H,2-4,7,10H2,1H3,(H,22,23,24). The van der Waals surface area contributed by atoms with Crippen LogP contribution in [0.3, 0.4) is 0 Å². The van der Waals surface area contributed by atoms with Crippen LogP contribution in [0.25, 0.3) is 22.5 Å². The van der Waals surface area contributed by atoms with Crippen LogP contribution in [0, 0.1) is 5.82 Å². The molecule has 1 aliphatic rings. The van der Waals surface area contributed by atoms with E-state index in [1.807, 2.05) is 0 Å². The number of piperidine rings is 1. The Labute approximate surface area is 161 Å². The monoisotopic (exact) mass is 390 g/mol. The highest BCUT2D eigenvalue weighted by Gasteiger charge is 2.21. The zero-order valence-electron chi connectivity index (χ0n) is 14.9. The van der Waals surface area contributed by atoms with Crippen LogP contribution in [0.5, 0.6) is 5.75 Å². The van der Waals surface area contributed by atoms with Gasteiger partial charge in [-0.05, 0) is 44.1 Å². The lowest BCUT2D eigenvalue weighted by Gasteiger charge is -2.31. The van der Waals surface area contributed by atoms with E-state index in [9.17, 15) is 9.50 Å². The number of oxazole rings is 1. The maximum atomic E-state index is 13.4. The molecule has 0 saturated carbocycles. The van der Waals surface area contributed by atoms with E-state index in [1.54, 1.807) is 12.1 Å². The molecule has 4 rings (SSSR count). The molecule has 1 aromatic carbocycles. The number of benzene rings is 1. The van der Waals surface area contributed by atoms with Crippen molar-refractivity contribution in [3.63, 3.8) is 0 Å². The number of hydrogen-bond donors (Lipinski definition) is 2. The number of likely N-dealkylation sites (tertiary alicyclic amines) is 1. The normalized spacial score (nSPS) is 18.1. The van der Waals surface area contributed by atoms with E-state index in [0.29, 0.717) is 22.9 Å². The molecule has 1 saturated heterocycles. The number of nitrogens with one attached hydrogen (secondary N) is 1. The molecule has 2 aromatic heterocycles. The Hall–Kier alpha value is -2.38. The van der Waals surface area contributed by atoms with Gasteiger partial charge in [0.1, 0.15) is 11.6 Å². The second kappa shape index (κ2) is 7.32. The molecule has 0 bridgehead atoms. The molecule has 1 unspecified atom stereocenters. The average molecular weight is 391 g/mol. The van der Waals surface area contributed by atoms with Crippen molar-refractivity contribution in [3.05, 3.63) is 35.1 Å². The van der Waals surface area contributed by atoms with Gasteiger partial charge in [0.2, 0.25) is 5.65 Å². The highest BCUT2D eigenvalue weighted by molar-refractivity contribution is 6.33. The van der Waals surface area contributed by atoms with Crippen LogP contribution in [0.1, 0.15) is 19.8 Å². The van der Waals surface area contributed by atoms with Gasteiger partial charge in [-0.1, -0.05) is 18.5 Å². The Morgan fingerprint density at radius 3 is 3.00 bits per heavy atom. The van der Waals surface area contributed by atoms with E-state index < -0.39 is 5.82 Å². The topological polar surface area (TPSA) is 74.4 Å². The number of rotatable bonds is 4. The molecule has 142 valence electrons. The smallest absolute Gasteiger partial charge is 0.297 e. The number of phenols is 1. The summed E-state index contributed by atoms with van der Waals surface area (Å²) in [6.45, 7) is 5.25. The molecular weight excluding hydrogens is 371 g/mol. The predicted octanol–water partition coefficient (Wildman–Crippen LogP) is 4.28. The largest absolute Gasteiger partial charge is 0.507 e. The van der Waals surface area contributed by atoms with Crippen molar-refractivity contribution in [1.82, 2.24) is 14.9 Å². The van der Waals surface area contributed by atoms with Gasteiger partial charge >= 0.3 is 0 Å². The number of anilines is 1. The molecule has 3 aromatic rings. The highest BCUT2D eigenvalue weighted by atomic mass is 35.5. The van der Waals surface area contributed by atoms with Crippen molar-refractivity contribution < 1.29 is 13.9 Å². The molecule has 0 amide bonds. The highest BCUT2D eigenvalue weighted by Crippen LogP contribution is 2.36. The summed E-state index contributed by atoms with van der Waals surface area (Å²) in [4.78, 5) is 11.2. The number of pyridine rings is 1. The van der Waals surface area contributed by atoms with Gasteiger partial charge in [0, 0.05) is 18.7 Å². The number of aromatic hydroxyl groups is 1. The van der Waals surface area contributed by atoms with Crippen LogP contribution in [-0.2, 0) is 0 Å². The molecule has 0 spiro atoms. The summed E-state index contributed by atoms with van der Waals surface area (Å²) in [6.07, 6.45) is 2.20. The van der Waals surface area contributed by atoms with Gasteiger partial charge in [0.25, 0.3) is 6.01 Å². The number of fused-ring (bicyclic) bond motifs is 1. The molecule has 1 aliphatic heterocycles. The number of aromatic nitrogens is 2. The van der Waals surface area contributed by atoms with Crippen molar-refractivity contribution >= 4 is 28.8 Å². The molecule has 0 radical (unpaired) electrons. The van der Waals surface area contributed by atoms with Gasteiger partial charge in [0.15, 0.2) is 5.58 Å². The van der Waals surface area contributed by atoms with Crippen molar-refractivity contribution in [3.8, 4) is 17.0 Å². The number of phenolic OH excluding ortho intramolecular Hbond substituents is 1. The summed E-state index contributed by atoms with van der Waals surface area (Å²) in [5.41, 5.74) is 1.60. The van der Waals surface area contributed by atoms with Gasteiger partial charge in [0.05, 0.1) is 16.3 Å². The van der Waals surface area contributed by atoms with Crippen molar-refractivity contribution in [1.29, 1.82) is 0 Å². The summed E-state index contributed by atoms with van der Waals surface area (Å²) in [5, 5.41) is 13.5. The zero-order chi connectivity index (χ0) is 19.0. The third-order valence-electron chi connectivity index (χ3n) is 4.82. The molecule has 3 heterocycles. The number of hydrogen-bond acceptors (Lipinski definition) is 6. The van der Waals surface area contributed by atoms with E-state index in [0.717, 1.165) is 44.6 Å². The van der Waals surface area contributed by atoms with Gasteiger partial charge < -0.3 is 19.7 Å². The molecule has 6 nitrogen and oxygen atoms in total. The lowest BCUT2D eigenvalue weighted by molar-refractivity contribution is 0.225. The summed E-state index contributed by atoms with van der Waals surface area (Å²) in [5.74, 6) is -0.876. The zero-order valence-corrected chi connectivity index (χ0v) is 15.6. The first-order valence-electron chi connectivity index (χ1n) is 8.98. The molecule has 8 heteroatoms. The first-order chi connectivity index (χ1) is 13.0. The average Bonchev–Trinajstić information content (AvgIpc) is 3.02. The summed E-state index contributed by atoms with van der Waals surface area (Å²) < 4.78 is 19.1. The fourth-order valence-electron chi connectivity index (χ4n) is 3.47. The molecular formula is C19H20ClFN4O2. The maximum absolute atomic E-state index is 13.4. The minimum Gasteiger partial charge on any atom is -0.507 e. The fraction of sp³-hybridized carbons (Fsp3) is 0.368. The van der Waals surface area contributed by atoms with Gasteiger partial charge in [-0.25, -0.2) is 9.37 Å². The molecule has 0 aliphatic carbocycles. The van der Waals surface area contributed by atoms with Crippen LogP contribution in [-0.4, -0.2) is 45.7 Å². The second-order valence-electron chi connectivity index (χ2n) is 6.70. The van der Waals surface area contributed by atoms with Gasteiger partial charge in [-0.15, -0.1) is 0 Å². The molecule has 2 N–H and O–H groups in total. The minimum atomic E-state index is -0.608. The van der Waals surface area contributed by atoms with Crippen molar-refractivity contribution in [2.24, 2.45) is 0 Å². The number of halogens is 2. The Morgan fingerprint density at radius 1 is 1.37 bits per heavy atom. The van der Waals surface area contributed by atoms with Crippen LogP contribution in [0.4, 0.5) is 10.4 Å². The Kier molecular flexibility index (Phi) is 4.88. The Balaban J connectivity index is 1.61. The van der Waals surface area contributed by atoms with E-state index in [1.165, 1.54) is 0 Å². The molecule has 1 fully saturated rings. The fourth-order valence-corrected chi connectivity index (χ4v) is 3.77. The lowest BCUT2D eigenvalue weighted by atomic mass is 10.1. The molecule has 27 heavy (non-hydrogen) atoms.